The number of benzene rings is 3. The van der Waals surface area contributed by atoms with E-state index in [1.807, 2.05) is 41.4 Å². The largest absolute Gasteiger partial charge is 0.453 e. The van der Waals surface area contributed by atoms with Crippen LogP contribution in [0, 0.1) is 6.92 Å². The van der Waals surface area contributed by atoms with Gasteiger partial charge < -0.3 is 10.1 Å². The summed E-state index contributed by atoms with van der Waals surface area (Å²) in [5, 5.41) is 9.82. The normalized spacial score (nSPS) is 23.4. The Hall–Kier alpha value is -3.12. The Balaban J connectivity index is 1.57. The lowest BCUT2D eigenvalue weighted by Gasteiger charge is -2.44. The highest BCUT2D eigenvalue weighted by atomic mass is 79.9. The van der Waals surface area contributed by atoms with Crippen LogP contribution in [0.3, 0.4) is 0 Å². The summed E-state index contributed by atoms with van der Waals surface area (Å²) >= 11 is 3.58. The molecule has 1 amide bonds. The van der Waals surface area contributed by atoms with Crippen molar-refractivity contribution in [3.63, 3.8) is 0 Å². The van der Waals surface area contributed by atoms with Gasteiger partial charge in [0, 0.05) is 16.5 Å². The number of fused-ring (bicyclic) bond motifs is 6. The van der Waals surface area contributed by atoms with Crippen molar-refractivity contribution in [1.29, 1.82) is 0 Å². The average molecular weight is 460 g/mol. The predicted octanol–water partition coefficient (Wildman–Crippen LogP) is 5.11. The zero-order chi connectivity index (χ0) is 20.5. The van der Waals surface area contributed by atoms with Crippen LogP contribution in [0.5, 0.6) is 5.75 Å². The lowest BCUT2D eigenvalue weighted by atomic mass is 9.92. The van der Waals surface area contributed by atoms with Gasteiger partial charge in [-0.3, -0.25) is 4.79 Å². The van der Waals surface area contributed by atoms with Crippen molar-refractivity contribution < 1.29 is 9.53 Å². The van der Waals surface area contributed by atoms with E-state index in [0.717, 1.165) is 32.6 Å². The van der Waals surface area contributed by atoms with Crippen LogP contribution in [0.25, 0.3) is 0 Å². The molecule has 1 spiro atoms. The third-order valence-electron chi connectivity index (χ3n) is 6.05. The molecule has 0 aliphatic carbocycles. The number of carbonyl (C=O) groups excluding carboxylic acids is 1. The molecule has 0 radical (unpaired) electrons. The van der Waals surface area contributed by atoms with E-state index in [0.29, 0.717) is 12.2 Å². The van der Waals surface area contributed by atoms with Crippen LogP contribution in [-0.4, -0.2) is 16.6 Å². The van der Waals surface area contributed by atoms with Crippen LogP contribution in [0.15, 0.2) is 76.3 Å². The molecular formula is C24H18BrN3O2. The second-order valence-electron chi connectivity index (χ2n) is 7.91. The number of hydrogen-bond donors (Lipinski definition) is 1. The van der Waals surface area contributed by atoms with Gasteiger partial charge in [0.2, 0.25) is 0 Å². The number of halogens is 1. The van der Waals surface area contributed by atoms with Crippen LogP contribution < -0.4 is 10.1 Å². The lowest BCUT2D eigenvalue weighted by Crippen LogP contribution is -2.55. The predicted molar refractivity (Wildman–Crippen MR) is 118 cm³/mol. The Labute approximate surface area is 182 Å². The van der Waals surface area contributed by atoms with Gasteiger partial charge in [-0.05, 0) is 36.8 Å². The van der Waals surface area contributed by atoms with Crippen LogP contribution in [0.1, 0.15) is 34.7 Å². The summed E-state index contributed by atoms with van der Waals surface area (Å²) in [6.45, 7) is 2.07. The quantitative estimate of drug-likeness (QED) is 0.550. The molecule has 3 aromatic carbocycles. The second kappa shape index (κ2) is 6.19. The Bertz CT molecular complexity index is 1240. The first-order valence-corrected chi connectivity index (χ1v) is 10.7. The first-order chi connectivity index (χ1) is 14.6. The first kappa shape index (κ1) is 17.7. The third kappa shape index (κ3) is 2.34. The summed E-state index contributed by atoms with van der Waals surface area (Å²) in [6.07, 6.45) is 0.701. The summed E-state index contributed by atoms with van der Waals surface area (Å²) < 4.78 is 7.45. The summed E-state index contributed by atoms with van der Waals surface area (Å²) in [7, 11) is 0. The van der Waals surface area contributed by atoms with E-state index in [1.54, 1.807) is 0 Å². The summed E-state index contributed by atoms with van der Waals surface area (Å²) in [5.74, 6) is 0.503. The number of hydrazone groups is 1. The molecule has 30 heavy (non-hydrogen) atoms. The Morgan fingerprint density at radius 1 is 1.13 bits per heavy atom. The van der Waals surface area contributed by atoms with Gasteiger partial charge >= 0.3 is 5.72 Å². The van der Waals surface area contributed by atoms with Gasteiger partial charge in [-0.25, -0.2) is 5.01 Å². The SMILES string of the molecule is Cc1ccc(C2=NN3[C@H](C2)c2cc(Br)ccc2O[C@]32C(=O)Nc3ccccc32)cc1. The maximum Gasteiger partial charge on any atom is 0.306 e. The van der Waals surface area contributed by atoms with Crippen molar-refractivity contribution in [2.45, 2.75) is 25.1 Å². The molecule has 3 heterocycles. The monoisotopic (exact) mass is 459 g/mol. The topological polar surface area (TPSA) is 53.9 Å². The highest BCUT2D eigenvalue weighted by Crippen LogP contribution is 2.54. The van der Waals surface area contributed by atoms with E-state index in [-0.39, 0.29) is 11.9 Å². The van der Waals surface area contributed by atoms with Gasteiger partial charge in [0.25, 0.3) is 5.91 Å². The Kier molecular flexibility index (Phi) is 3.65. The van der Waals surface area contributed by atoms with Gasteiger partial charge in [-0.1, -0.05) is 64.0 Å². The molecule has 0 aromatic heterocycles. The van der Waals surface area contributed by atoms with Crippen molar-refractivity contribution >= 4 is 33.2 Å². The number of carbonyl (C=O) groups is 1. The van der Waals surface area contributed by atoms with Crippen LogP contribution in [0.4, 0.5) is 5.69 Å². The van der Waals surface area contributed by atoms with Crippen molar-refractivity contribution in [2.75, 3.05) is 5.32 Å². The van der Waals surface area contributed by atoms with Crippen molar-refractivity contribution in [3.8, 4) is 5.75 Å². The van der Waals surface area contributed by atoms with E-state index < -0.39 is 5.72 Å². The maximum atomic E-state index is 13.4. The Morgan fingerprint density at radius 3 is 2.77 bits per heavy atom. The van der Waals surface area contributed by atoms with E-state index in [1.165, 1.54) is 5.56 Å². The third-order valence-corrected chi connectivity index (χ3v) is 6.55. The molecule has 0 fully saturated rings. The minimum atomic E-state index is -1.31. The molecule has 0 bridgehead atoms. The van der Waals surface area contributed by atoms with E-state index in [9.17, 15) is 4.79 Å². The lowest BCUT2D eigenvalue weighted by molar-refractivity contribution is -0.161. The van der Waals surface area contributed by atoms with Crippen LogP contribution >= 0.6 is 15.9 Å². The highest BCUT2D eigenvalue weighted by Gasteiger charge is 2.60. The molecule has 6 heteroatoms. The fourth-order valence-corrected chi connectivity index (χ4v) is 4.97. The molecular weight excluding hydrogens is 442 g/mol. The zero-order valence-corrected chi connectivity index (χ0v) is 17.8. The molecule has 5 nitrogen and oxygen atoms in total. The zero-order valence-electron chi connectivity index (χ0n) is 16.2. The fourth-order valence-electron chi connectivity index (χ4n) is 4.59. The number of aryl methyl sites for hydroxylation is 1. The van der Waals surface area contributed by atoms with Crippen molar-refractivity contribution in [3.05, 3.63) is 93.5 Å². The van der Waals surface area contributed by atoms with Gasteiger partial charge in [-0.2, -0.15) is 5.10 Å². The fraction of sp³-hybridized carbons (Fsp3) is 0.167. The standard InChI is InChI=1S/C24H18BrN3O2/c1-14-6-8-15(9-7-14)20-13-21-17-12-16(25)10-11-22(17)30-24(28(21)27-20)18-4-2-3-5-19(18)26-23(24)29/h2-12,21H,13H2,1H3,(H,26,29)/t21-,24-/m1/s1. The number of amides is 1. The minimum Gasteiger partial charge on any atom is -0.453 e. The maximum absolute atomic E-state index is 13.4. The highest BCUT2D eigenvalue weighted by molar-refractivity contribution is 9.10. The average Bonchev–Trinajstić information content (AvgIpc) is 3.31. The van der Waals surface area contributed by atoms with E-state index in [4.69, 9.17) is 9.84 Å². The van der Waals surface area contributed by atoms with Gasteiger partial charge in [0.15, 0.2) is 0 Å². The number of para-hydroxylation sites is 1. The van der Waals surface area contributed by atoms with Gasteiger partial charge in [-0.15, -0.1) is 0 Å². The van der Waals surface area contributed by atoms with E-state index >= 15 is 0 Å². The molecule has 6 rings (SSSR count). The molecule has 2 atom stereocenters. The summed E-state index contributed by atoms with van der Waals surface area (Å²) in [4.78, 5) is 13.4. The molecule has 148 valence electrons. The molecule has 0 saturated carbocycles. The van der Waals surface area contributed by atoms with Crippen molar-refractivity contribution in [1.82, 2.24) is 5.01 Å². The smallest absolute Gasteiger partial charge is 0.306 e. The number of ether oxygens (including phenoxy) is 1. The first-order valence-electron chi connectivity index (χ1n) is 9.89. The van der Waals surface area contributed by atoms with Crippen LogP contribution in [-0.2, 0) is 10.5 Å². The van der Waals surface area contributed by atoms with Crippen molar-refractivity contribution in [2.24, 2.45) is 5.10 Å². The minimum absolute atomic E-state index is 0.0977. The molecule has 3 aliphatic heterocycles. The second-order valence-corrected chi connectivity index (χ2v) is 8.82. The summed E-state index contributed by atoms with van der Waals surface area (Å²) in [5.41, 5.74) is 4.49. The Morgan fingerprint density at radius 2 is 1.93 bits per heavy atom. The number of nitrogens with zero attached hydrogens (tertiary/aromatic N) is 2. The number of anilines is 1. The molecule has 3 aromatic rings. The molecule has 3 aliphatic rings. The summed E-state index contributed by atoms with van der Waals surface area (Å²) in [6, 6.07) is 21.9. The number of nitrogens with one attached hydrogen (secondary N) is 1. The van der Waals surface area contributed by atoms with Crippen LogP contribution in [0.2, 0.25) is 0 Å². The number of rotatable bonds is 1. The number of hydrogen-bond acceptors (Lipinski definition) is 4. The van der Waals surface area contributed by atoms with Gasteiger partial charge in [0.1, 0.15) is 5.75 Å². The molecule has 1 N–H and O–H groups in total. The van der Waals surface area contributed by atoms with Gasteiger partial charge in [0.05, 0.1) is 23.0 Å². The molecule has 0 unspecified atom stereocenters. The van der Waals surface area contributed by atoms with E-state index in [2.05, 4.69) is 58.5 Å². The molecule has 0 saturated heterocycles.